The lowest BCUT2D eigenvalue weighted by molar-refractivity contribution is 0.0960. The molecule has 146 valence electrons. The second-order valence-corrected chi connectivity index (χ2v) is 8.07. The Labute approximate surface area is 173 Å². The number of amides is 3. The minimum Gasteiger partial charge on any atom is -0.341 e. The highest BCUT2D eigenvalue weighted by atomic mass is 79.9. The zero-order chi connectivity index (χ0) is 20.0. The summed E-state index contributed by atoms with van der Waals surface area (Å²) in [5.41, 5.74) is 1.60. The summed E-state index contributed by atoms with van der Waals surface area (Å²) in [6.07, 6.45) is -0.743. The van der Waals surface area contributed by atoms with Gasteiger partial charge in [-0.2, -0.15) is 0 Å². The molecule has 0 radical (unpaired) electrons. The molecule has 0 bridgehead atoms. The Balaban J connectivity index is 1.75. The Bertz CT molecular complexity index is 988. The van der Waals surface area contributed by atoms with Crippen molar-refractivity contribution in [2.24, 2.45) is 0 Å². The molecule has 28 heavy (non-hydrogen) atoms. The summed E-state index contributed by atoms with van der Waals surface area (Å²) >= 11 is 9.57. The summed E-state index contributed by atoms with van der Waals surface area (Å²) in [5.74, 6) is -0.849. The highest BCUT2D eigenvalue weighted by Gasteiger charge is 2.35. The summed E-state index contributed by atoms with van der Waals surface area (Å²) in [5, 5.41) is 5.84. The number of hydrogen-bond donors (Lipinski definition) is 2. The van der Waals surface area contributed by atoms with E-state index in [-0.39, 0.29) is 12.5 Å². The molecule has 2 unspecified atom stereocenters. The minimum atomic E-state index is -1.04. The number of urea groups is 1. The molecule has 2 aromatic rings. The molecule has 2 aliphatic rings. The first-order valence-electron chi connectivity index (χ1n) is 8.62. The van der Waals surface area contributed by atoms with Crippen LogP contribution in [0.1, 0.15) is 33.9 Å². The second kappa shape index (κ2) is 7.33. The Kier molecular flexibility index (Phi) is 5.01. The largest absolute Gasteiger partial charge is 0.341 e. The number of halogens is 4. The van der Waals surface area contributed by atoms with E-state index >= 15 is 0 Å². The highest BCUT2D eigenvalue weighted by Crippen LogP contribution is 2.41. The summed E-state index contributed by atoms with van der Waals surface area (Å²) in [6, 6.07) is 6.00. The molecule has 2 aromatic carbocycles. The molecule has 2 heterocycles. The number of likely N-dealkylation sites (tertiary alicyclic amines) is 1. The number of rotatable bonds is 2. The number of carbonyl (C=O) groups excluding carboxylic acids is 2. The van der Waals surface area contributed by atoms with Crippen LogP contribution in [0.25, 0.3) is 0 Å². The molecule has 2 atom stereocenters. The number of nitrogens with zero attached hydrogens (tertiary/aromatic N) is 1. The van der Waals surface area contributed by atoms with Crippen molar-refractivity contribution in [1.82, 2.24) is 10.2 Å². The van der Waals surface area contributed by atoms with Crippen molar-refractivity contribution in [3.8, 4) is 0 Å². The molecular weight excluding hydrogens is 456 g/mol. The van der Waals surface area contributed by atoms with Gasteiger partial charge in [-0.1, -0.05) is 27.5 Å². The van der Waals surface area contributed by atoms with Gasteiger partial charge in [0.05, 0.1) is 12.6 Å². The molecule has 2 N–H and O–H groups in total. The van der Waals surface area contributed by atoms with E-state index in [1.165, 1.54) is 23.1 Å². The van der Waals surface area contributed by atoms with Crippen LogP contribution in [0.4, 0.5) is 19.3 Å². The van der Waals surface area contributed by atoms with Crippen molar-refractivity contribution in [3.05, 3.63) is 62.3 Å². The summed E-state index contributed by atoms with van der Waals surface area (Å²) in [4.78, 5) is 26.4. The normalized spacial score (nSPS) is 20.9. The fourth-order valence-corrected chi connectivity index (χ4v) is 4.25. The maximum atomic E-state index is 13.8. The van der Waals surface area contributed by atoms with Gasteiger partial charge in [0.2, 0.25) is 0 Å². The summed E-state index contributed by atoms with van der Waals surface area (Å²) < 4.78 is 27.8. The van der Waals surface area contributed by atoms with Gasteiger partial charge in [-0.25, -0.2) is 13.6 Å². The van der Waals surface area contributed by atoms with Gasteiger partial charge in [-0.3, -0.25) is 4.79 Å². The summed E-state index contributed by atoms with van der Waals surface area (Å²) in [7, 11) is 0. The molecule has 5 nitrogen and oxygen atoms in total. The van der Waals surface area contributed by atoms with E-state index in [2.05, 4.69) is 26.6 Å². The van der Waals surface area contributed by atoms with Crippen molar-refractivity contribution in [2.75, 3.05) is 18.4 Å². The maximum Gasteiger partial charge on any atom is 0.321 e. The Morgan fingerprint density at radius 1 is 1.32 bits per heavy atom. The topological polar surface area (TPSA) is 61.4 Å². The van der Waals surface area contributed by atoms with Gasteiger partial charge in [-0.05, 0) is 36.8 Å². The van der Waals surface area contributed by atoms with Crippen molar-refractivity contribution in [1.29, 1.82) is 0 Å². The maximum absolute atomic E-state index is 13.8. The molecule has 3 amide bonds. The van der Waals surface area contributed by atoms with Crippen molar-refractivity contribution >= 4 is 45.2 Å². The van der Waals surface area contributed by atoms with Gasteiger partial charge in [0, 0.05) is 38.4 Å². The van der Waals surface area contributed by atoms with E-state index in [4.69, 9.17) is 11.6 Å². The molecule has 0 spiro atoms. The first-order chi connectivity index (χ1) is 13.3. The zero-order valence-corrected chi connectivity index (χ0v) is 16.8. The molecular formula is C19H15BrClF2N3O2. The van der Waals surface area contributed by atoms with Gasteiger partial charge in [0.1, 0.15) is 12.0 Å². The predicted octanol–water partition coefficient (Wildman–Crippen LogP) is 4.65. The van der Waals surface area contributed by atoms with Crippen LogP contribution in [0, 0.1) is 5.82 Å². The minimum absolute atomic E-state index is 0.0262. The third kappa shape index (κ3) is 3.46. The molecule has 2 aliphatic heterocycles. The van der Waals surface area contributed by atoms with Crippen LogP contribution in [0.2, 0.25) is 5.02 Å². The van der Waals surface area contributed by atoms with Gasteiger partial charge in [-0.15, -0.1) is 0 Å². The van der Waals surface area contributed by atoms with Crippen molar-refractivity contribution in [3.63, 3.8) is 0 Å². The fraction of sp³-hybridized carbons (Fsp3) is 0.263. The van der Waals surface area contributed by atoms with Gasteiger partial charge >= 0.3 is 6.03 Å². The lowest BCUT2D eigenvalue weighted by atomic mass is 9.96. The van der Waals surface area contributed by atoms with Crippen LogP contribution in [-0.4, -0.2) is 36.1 Å². The lowest BCUT2D eigenvalue weighted by Gasteiger charge is -2.21. The lowest BCUT2D eigenvalue weighted by Crippen LogP contribution is -2.33. The quantitative estimate of drug-likeness (QED) is 0.671. The molecule has 1 saturated heterocycles. The van der Waals surface area contributed by atoms with E-state index < -0.39 is 24.1 Å². The Morgan fingerprint density at radius 2 is 2.11 bits per heavy atom. The van der Waals surface area contributed by atoms with E-state index in [9.17, 15) is 18.4 Å². The summed E-state index contributed by atoms with van der Waals surface area (Å²) in [6.45, 7) is 0.345. The molecule has 9 heteroatoms. The standard InChI is InChI=1S/C19H15BrClF2N3O2/c20-9-5-13-16(15(6-9)24-19(28)26-4-3-11(23)8-26)17(25-18(13)27)12-7-10(22)1-2-14(12)21/h1-2,5-7,11,17H,3-4,8H2,(H,24,28)(H,25,27). The average Bonchev–Trinajstić information content (AvgIpc) is 3.21. The van der Waals surface area contributed by atoms with Crippen LogP contribution in [-0.2, 0) is 0 Å². The molecule has 0 aliphatic carbocycles. The van der Waals surface area contributed by atoms with Crippen LogP contribution in [0.15, 0.2) is 34.8 Å². The van der Waals surface area contributed by atoms with Crippen LogP contribution >= 0.6 is 27.5 Å². The number of fused-ring (bicyclic) bond motifs is 1. The molecule has 1 fully saturated rings. The Morgan fingerprint density at radius 3 is 2.82 bits per heavy atom. The fourth-order valence-electron chi connectivity index (χ4n) is 3.57. The third-order valence-corrected chi connectivity index (χ3v) is 5.68. The molecule has 0 saturated carbocycles. The van der Waals surface area contributed by atoms with Crippen molar-refractivity contribution < 1.29 is 18.4 Å². The smallest absolute Gasteiger partial charge is 0.321 e. The van der Waals surface area contributed by atoms with Gasteiger partial charge < -0.3 is 15.5 Å². The number of benzene rings is 2. The monoisotopic (exact) mass is 469 g/mol. The van der Waals surface area contributed by atoms with Crippen LogP contribution < -0.4 is 10.6 Å². The Hall–Kier alpha value is -2.19. The van der Waals surface area contributed by atoms with Crippen molar-refractivity contribution in [2.45, 2.75) is 18.6 Å². The highest BCUT2D eigenvalue weighted by molar-refractivity contribution is 9.10. The second-order valence-electron chi connectivity index (χ2n) is 6.75. The number of alkyl halides is 1. The van der Waals surface area contributed by atoms with Crippen LogP contribution in [0.3, 0.4) is 0 Å². The third-order valence-electron chi connectivity index (χ3n) is 4.88. The van der Waals surface area contributed by atoms with E-state index in [0.29, 0.717) is 44.8 Å². The van der Waals surface area contributed by atoms with Gasteiger partial charge in [0.15, 0.2) is 0 Å². The first kappa shape index (κ1) is 19.1. The molecule has 4 rings (SSSR count). The number of hydrogen-bond acceptors (Lipinski definition) is 2. The van der Waals surface area contributed by atoms with Crippen LogP contribution in [0.5, 0.6) is 0 Å². The average molecular weight is 471 g/mol. The van der Waals surface area contributed by atoms with E-state index in [1.807, 2.05) is 0 Å². The number of carbonyl (C=O) groups is 2. The predicted molar refractivity (Wildman–Crippen MR) is 105 cm³/mol. The SMILES string of the molecule is O=C1NC(c2cc(F)ccc2Cl)c2c(NC(=O)N3CCC(F)C3)cc(Br)cc21. The first-order valence-corrected chi connectivity index (χ1v) is 9.80. The number of anilines is 1. The molecule has 0 aromatic heterocycles. The van der Waals surface area contributed by atoms with Gasteiger partial charge in [0.25, 0.3) is 5.91 Å². The number of nitrogens with one attached hydrogen (secondary N) is 2. The van der Waals surface area contributed by atoms with E-state index in [0.717, 1.165) is 0 Å². The van der Waals surface area contributed by atoms with E-state index in [1.54, 1.807) is 12.1 Å². The zero-order valence-electron chi connectivity index (χ0n) is 14.4.